The Bertz CT molecular complexity index is 5820. The average Bonchev–Trinajstić information content (AvgIpc) is 1.57. The fourth-order valence-corrected chi connectivity index (χ4v) is 23.0. The third-order valence-corrected chi connectivity index (χ3v) is 32.2. The van der Waals surface area contributed by atoms with Gasteiger partial charge in [0.05, 0.1) is 61.5 Å². The minimum atomic E-state index is -2.67. The van der Waals surface area contributed by atoms with Gasteiger partial charge < -0.3 is 81.7 Å². The maximum Gasteiger partial charge on any atom is 0.283 e. The van der Waals surface area contributed by atoms with E-state index >= 15 is 0 Å². The number of pyridine rings is 4. The molecule has 8 aromatic rings. The Morgan fingerprint density at radius 3 is 1.23 bits per heavy atom. The van der Waals surface area contributed by atoms with Crippen molar-refractivity contribution in [3.05, 3.63) is 114 Å². The first kappa shape index (κ1) is 97.6. The molecule has 0 aromatic carbocycles. The van der Waals surface area contributed by atoms with Crippen LogP contribution >= 0.6 is 45.3 Å². The van der Waals surface area contributed by atoms with Crippen LogP contribution in [0.25, 0.3) is 41.8 Å². The van der Waals surface area contributed by atoms with Crippen LogP contribution in [0.15, 0.2) is 49.1 Å². The number of aromatic nitrogens is 8. The smallest absolute Gasteiger partial charge is 0.283 e. The predicted molar refractivity (Wildman–Crippen MR) is 535 cm³/mol. The number of fused-ring (bicyclic) bond motifs is 4. The Kier molecular flexibility index (Phi) is 30.4. The quantitative estimate of drug-likeness (QED) is 0.0200. The molecule has 17 rings (SSSR count). The van der Waals surface area contributed by atoms with Crippen molar-refractivity contribution in [3.8, 4) is 41.8 Å². The van der Waals surface area contributed by atoms with Crippen molar-refractivity contribution in [1.82, 2.24) is 79.9 Å². The summed E-state index contributed by atoms with van der Waals surface area (Å²) in [6.07, 6.45) is 26.0. The summed E-state index contributed by atoms with van der Waals surface area (Å²) in [5.41, 5.74) is 3.63. The Balaban J connectivity index is 0.000000148. The fourth-order valence-electron chi connectivity index (χ4n) is 18.7. The van der Waals surface area contributed by atoms with Gasteiger partial charge in [-0.25, -0.2) is 39.9 Å². The zero-order valence-electron chi connectivity index (χ0n) is 84.8. The van der Waals surface area contributed by atoms with Gasteiger partial charge in [-0.2, -0.15) is 0 Å². The number of aliphatic hydroxyl groups excluding tert-OH is 1. The molecule has 7 saturated heterocycles. The average molecular weight is 1940 g/mol. The lowest BCUT2D eigenvalue weighted by molar-refractivity contribution is -0.0668. The van der Waals surface area contributed by atoms with Crippen LogP contribution in [0.1, 0.15) is 326 Å². The monoisotopic (exact) mass is 1940 g/mol. The number of carbonyl (C=O) groups excluding carboxylic acids is 8. The normalized spacial score (nSPS) is 21.3. The second kappa shape index (κ2) is 42.3. The number of likely N-dealkylation sites (tertiary alicyclic amines) is 3. The van der Waals surface area contributed by atoms with Crippen molar-refractivity contribution in [2.45, 2.75) is 329 Å². The lowest BCUT2D eigenvalue weighted by atomic mass is 9.97. The number of rotatable bonds is 30. The number of carbonyl (C=O) groups is 8. The molecule has 10 N–H and O–H groups in total. The number of aliphatic hydroxyl groups is 4. The zero-order valence-corrected chi connectivity index (χ0v) is 85.1. The van der Waals surface area contributed by atoms with Crippen LogP contribution in [-0.2, 0) is 0 Å². The first-order valence-electron chi connectivity index (χ1n) is 49.9. The van der Waals surface area contributed by atoms with Crippen LogP contribution in [0.4, 0.5) is 23.3 Å². The SMILES string of the molecule is CC[C@@H](C)Nc1cc(C)c(-c2sc(C(=O)N(C)C(C)(C)CO)nc2C(=O)N2C3CCC2CC3)cn1.CC[C@H](Nc1cc(C)c(-c2sc(C(=O)NCC3(O)CC3)nc2C(=O)N2CCC[C@@H]2C)cn1)C1CC1.Cc1cc(NC(C)C)ncc1-c1sc(C(=O)N2CC(C)(O)C2)nc1C(=O)N1C2CCC1CC2.[2H]C([2H])([2H])C(C)(O)CNC(=O)c1nc(C(=O)N2CCC[C@@H]2C)c(-c2cnc(N[C@H](C)CC)cc2C)s1. The molecule has 0 spiro atoms. The lowest BCUT2D eigenvalue weighted by Gasteiger charge is -2.43. The van der Waals surface area contributed by atoms with Crippen molar-refractivity contribution in [3.63, 3.8) is 0 Å². The molecule has 15 heterocycles. The number of nitrogens with one attached hydrogen (secondary N) is 6. The summed E-state index contributed by atoms with van der Waals surface area (Å²) in [5.74, 6) is 1.75. The second-order valence-electron chi connectivity index (χ2n) is 40.2. The molecule has 36 heteroatoms. The van der Waals surface area contributed by atoms with Gasteiger partial charge in [-0.1, -0.05) is 20.8 Å². The van der Waals surface area contributed by atoms with E-state index in [9.17, 15) is 58.8 Å². The maximum atomic E-state index is 13.8. The molecule has 734 valence electrons. The van der Waals surface area contributed by atoms with E-state index in [-0.39, 0.29) is 137 Å². The van der Waals surface area contributed by atoms with Gasteiger partial charge in [0.15, 0.2) is 20.0 Å². The molecule has 6 atom stereocenters. The summed E-state index contributed by atoms with van der Waals surface area (Å²) in [4.78, 5) is 156. The molecular formula is C100H138N20O12S4. The second-order valence-corrected chi connectivity index (χ2v) is 44.2. The summed E-state index contributed by atoms with van der Waals surface area (Å²) in [6.45, 7) is 31.8. The number of amides is 8. The van der Waals surface area contributed by atoms with Gasteiger partial charge in [-0.3, -0.25) is 38.4 Å². The minimum absolute atomic E-state index is 0.0164. The minimum Gasteiger partial charge on any atom is -0.394 e. The number of hydrogen-bond acceptors (Lipinski definition) is 28. The molecule has 7 aliphatic heterocycles. The van der Waals surface area contributed by atoms with E-state index in [1.165, 1.54) is 51.8 Å². The maximum absolute atomic E-state index is 13.8. The predicted octanol–water partition coefficient (Wildman–Crippen LogP) is 15.5. The topological polar surface area (TPSA) is 412 Å². The number of likely N-dealkylation sites (N-methyl/N-ethyl adjacent to an activating group) is 1. The van der Waals surface area contributed by atoms with Crippen molar-refractivity contribution < 1.29 is 62.9 Å². The summed E-state index contributed by atoms with van der Waals surface area (Å²) in [5, 5.41) is 59.8. The number of aryl methyl sites for hydroxylation is 4. The highest BCUT2D eigenvalue weighted by Gasteiger charge is 2.49. The summed E-state index contributed by atoms with van der Waals surface area (Å²) < 4.78 is 22.4. The van der Waals surface area contributed by atoms with Gasteiger partial charge in [-0.05, 0) is 278 Å². The number of hydrogen-bond donors (Lipinski definition) is 10. The van der Waals surface area contributed by atoms with E-state index in [1.807, 2.05) is 73.6 Å². The molecule has 9 fully saturated rings. The van der Waals surface area contributed by atoms with E-state index in [0.717, 1.165) is 183 Å². The van der Waals surface area contributed by atoms with Crippen LogP contribution in [-0.4, -0.2) is 273 Å². The Morgan fingerprint density at radius 1 is 0.515 bits per heavy atom. The molecule has 8 aromatic heterocycles. The van der Waals surface area contributed by atoms with Gasteiger partial charge in [0.2, 0.25) is 0 Å². The highest BCUT2D eigenvalue weighted by Crippen LogP contribution is 2.47. The van der Waals surface area contributed by atoms with Crippen molar-refractivity contribution in [2.75, 3.05) is 74.2 Å². The Morgan fingerprint density at radius 2 is 0.882 bits per heavy atom. The molecule has 9 aliphatic rings. The van der Waals surface area contributed by atoms with E-state index in [4.69, 9.17) is 4.11 Å². The van der Waals surface area contributed by atoms with E-state index < -0.39 is 41.6 Å². The molecule has 1 unspecified atom stereocenters. The molecule has 4 bridgehead atoms. The van der Waals surface area contributed by atoms with Crippen LogP contribution in [0.3, 0.4) is 0 Å². The van der Waals surface area contributed by atoms with Crippen LogP contribution in [0.5, 0.6) is 0 Å². The zero-order chi connectivity index (χ0) is 101. The number of β-amino-alcohol motifs (C(OH)–C–C–N with tert-alkyl or cyclic N) is 1. The van der Waals surface area contributed by atoms with E-state index in [0.29, 0.717) is 85.2 Å². The van der Waals surface area contributed by atoms with Gasteiger partial charge in [0.25, 0.3) is 47.3 Å². The molecule has 2 aliphatic carbocycles. The van der Waals surface area contributed by atoms with Crippen molar-refractivity contribution >= 4 is 116 Å². The molecule has 0 radical (unpaired) electrons. The first-order chi connectivity index (χ1) is 65.7. The largest absolute Gasteiger partial charge is 0.394 e. The third kappa shape index (κ3) is 23.4. The van der Waals surface area contributed by atoms with Gasteiger partial charge in [0, 0.05) is 145 Å². The third-order valence-electron chi connectivity index (χ3n) is 27.9. The molecule has 8 amide bonds. The van der Waals surface area contributed by atoms with E-state index in [2.05, 4.69) is 127 Å². The molecule has 32 nitrogen and oxygen atoms in total. The summed E-state index contributed by atoms with van der Waals surface area (Å²) >= 11 is 4.76. The number of anilines is 4. The van der Waals surface area contributed by atoms with Gasteiger partial charge in [0.1, 0.15) is 46.0 Å². The Hall–Kier alpha value is -10.1. The molecule has 136 heavy (non-hydrogen) atoms. The van der Waals surface area contributed by atoms with E-state index in [1.54, 1.807) is 62.4 Å². The van der Waals surface area contributed by atoms with Crippen LogP contribution < -0.4 is 31.9 Å². The van der Waals surface area contributed by atoms with Crippen LogP contribution in [0, 0.1) is 33.6 Å². The summed E-state index contributed by atoms with van der Waals surface area (Å²) in [6, 6.07) is 10.4. The summed E-state index contributed by atoms with van der Waals surface area (Å²) in [7, 11) is 1.66. The highest BCUT2D eigenvalue weighted by atomic mass is 32.1. The lowest BCUT2D eigenvalue weighted by Crippen LogP contribution is -2.61. The molecular weight excluding hydrogens is 1800 g/mol. The van der Waals surface area contributed by atoms with Crippen molar-refractivity contribution in [1.29, 1.82) is 0 Å². The standard InChI is InChI=1S/C26H35N5O3S.C26H37N5O3S.C24H31N5O3S.C24H35N5O3S/c1-4-19(17-7-8-17)29-20-12-15(2)18(13-27-20)22-21(25(33)31-11-5-6-16(31)3)30-24(35-22)23(32)28-14-26(34)9-10-26;1-7-16(3)28-20-12-15(2)19(13-27-20)22-21(24(33)31-17-8-9-18(31)11-10-17)29-23(35-22)25(34)30(6)26(4,5)14-32;1-13(2)26-18-9-14(3)17(10-25-18)20-19(22(30)29-15-5-6-16(29)8-7-15)27-21(33-20)23(31)28-11-24(4,32)12-28;1-7-15(3)27-18-11-14(2)17(12-25-18)20-19(23(31)29-10-8-9-16(29)4)28-22(33-20)21(30)26-13-24(5,6)32/h12-13,16-17,19,34H,4-11,14H2,1-3H3,(H,27,29)(H,28,32);12-13,16-18,32H,7-11,14H2,1-6H3,(H,27,28);9-10,13,15-16,32H,5-8,11-12H2,1-4H3,(H,25,26);11-12,15-16,32H,7-10,13H2,1-6H3,(H,25,27)(H,26,30)/t16-,19-;16-,17?,18?;;15-,16+/m01.1/s1/i;;;5D3/t;;;15-,16+,24?. The Labute approximate surface area is 818 Å². The van der Waals surface area contributed by atoms with Gasteiger partial charge >= 0.3 is 0 Å². The number of nitrogens with zero attached hydrogens (tertiary/aromatic N) is 14. The fraction of sp³-hybridized carbons (Fsp3) is 0.600. The number of thiazole rings is 4. The van der Waals surface area contributed by atoms with Crippen LogP contribution in [0.2, 0.25) is 0 Å². The highest BCUT2D eigenvalue weighted by molar-refractivity contribution is 7.18. The van der Waals surface area contributed by atoms with Crippen molar-refractivity contribution in [2.24, 2.45) is 5.92 Å². The first-order valence-corrected chi connectivity index (χ1v) is 51.7. The van der Waals surface area contributed by atoms with Gasteiger partial charge in [-0.15, -0.1) is 45.3 Å². The molecule has 2 saturated carbocycles.